The van der Waals surface area contributed by atoms with Crippen molar-refractivity contribution in [3.05, 3.63) is 63.9 Å². The number of Topliss-reactive ketones (excluding diaryl/α,β-unsaturated/α-hetero) is 1. The number of hydrogen-bond donors (Lipinski definition) is 0. The predicted octanol–water partition coefficient (Wildman–Crippen LogP) is 5.11. The van der Waals surface area contributed by atoms with Gasteiger partial charge in [0.1, 0.15) is 10.8 Å². The molecule has 0 spiro atoms. The smallest absolute Gasteiger partial charge is 0.136 e. The topological polar surface area (TPSA) is 59.0 Å². The van der Waals surface area contributed by atoms with E-state index in [-0.39, 0.29) is 5.78 Å². The van der Waals surface area contributed by atoms with Gasteiger partial charge in [0.25, 0.3) is 0 Å². The van der Waals surface area contributed by atoms with Gasteiger partial charge in [-0.2, -0.15) is 0 Å². The molecule has 0 saturated heterocycles. The zero-order valence-electron chi connectivity index (χ0n) is 17.7. The molecule has 1 unspecified atom stereocenters. The first-order valence-electron chi connectivity index (χ1n) is 10.6. The first-order chi connectivity index (χ1) is 15.1. The largest absolute Gasteiger partial charge is 0.300 e. The Morgan fingerprint density at radius 2 is 2.03 bits per heavy atom. The fourth-order valence-corrected chi connectivity index (χ4v) is 5.81. The lowest BCUT2D eigenvalue weighted by atomic mass is 10.1. The highest BCUT2D eigenvalue weighted by molar-refractivity contribution is 7.16. The Morgan fingerprint density at radius 1 is 1.16 bits per heavy atom. The van der Waals surface area contributed by atoms with Gasteiger partial charge in [0.2, 0.25) is 0 Å². The highest BCUT2D eigenvalue weighted by Crippen LogP contribution is 2.30. The van der Waals surface area contributed by atoms with Crippen molar-refractivity contribution in [3.8, 4) is 10.6 Å². The summed E-state index contributed by atoms with van der Waals surface area (Å²) >= 11 is 3.25. The Bertz CT molecular complexity index is 1250. The molecule has 0 bridgehead atoms. The number of benzene rings is 1. The lowest BCUT2D eigenvalue weighted by Gasteiger charge is -2.27. The van der Waals surface area contributed by atoms with E-state index in [9.17, 15) is 4.79 Å². The summed E-state index contributed by atoms with van der Waals surface area (Å²) in [4.78, 5) is 28.8. The first kappa shape index (κ1) is 20.4. The fraction of sp³-hybridized carbons (Fsp3) is 0.333. The quantitative estimate of drug-likeness (QED) is 0.425. The molecule has 0 radical (unpaired) electrons. The van der Waals surface area contributed by atoms with Gasteiger partial charge < -0.3 is 0 Å². The first-order valence-corrected chi connectivity index (χ1v) is 12.3. The zero-order valence-corrected chi connectivity index (χ0v) is 19.3. The molecular formula is C24H24N4OS2. The summed E-state index contributed by atoms with van der Waals surface area (Å²) in [5.41, 5.74) is 7.80. The second-order valence-electron chi connectivity index (χ2n) is 8.09. The van der Waals surface area contributed by atoms with Crippen molar-refractivity contribution in [2.75, 3.05) is 13.1 Å². The molecule has 0 saturated carbocycles. The van der Waals surface area contributed by atoms with Crippen molar-refractivity contribution in [1.82, 2.24) is 19.9 Å². The van der Waals surface area contributed by atoms with Gasteiger partial charge in [0, 0.05) is 37.4 Å². The summed E-state index contributed by atoms with van der Waals surface area (Å²) in [6.45, 7) is 5.89. The maximum absolute atomic E-state index is 11.4. The van der Waals surface area contributed by atoms with E-state index in [1.165, 1.54) is 21.5 Å². The monoisotopic (exact) mass is 448 g/mol. The molecule has 0 N–H and O–H groups in total. The second kappa shape index (κ2) is 8.57. The number of thiazole rings is 2. The molecule has 5 rings (SSSR count). The number of ketones is 1. The third-order valence-electron chi connectivity index (χ3n) is 5.96. The van der Waals surface area contributed by atoms with Gasteiger partial charge in [-0.05, 0) is 49.6 Å². The Kier molecular flexibility index (Phi) is 5.65. The van der Waals surface area contributed by atoms with E-state index in [2.05, 4.69) is 52.1 Å². The van der Waals surface area contributed by atoms with Gasteiger partial charge in [-0.1, -0.05) is 12.1 Å². The molecule has 7 heteroatoms. The van der Waals surface area contributed by atoms with E-state index < -0.39 is 0 Å². The summed E-state index contributed by atoms with van der Waals surface area (Å²) in [5.74, 6) is 0.138. The minimum atomic E-state index is 0.138. The van der Waals surface area contributed by atoms with Crippen molar-refractivity contribution in [2.45, 2.75) is 39.2 Å². The molecule has 158 valence electrons. The molecule has 1 aliphatic heterocycles. The molecule has 1 atom stereocenters. The zero-order chi connectivity index (χ0) is 21.4. The number of hydrogen-bond acceptors (Lipinski definition) is 7. The Balaban J connectivity index is 1.33. The van der Waals surface area contributed by atoms with Crippen LogP contribution < -0.4 is 0 Å². The van der Waals surface area contributed by atoms with Crippen LogP contribution in [0.2, 0.25) is 0 Å². The van der Waals surface area contributed by atoms with Gasteiger partial charge in [0.05, 0.1) is 32.7 Å². The maximum Gasteiger partial charge on any atom is 0.136 e. The number of fused-ring (bicyclic) bond motifs is 2. The fourth-order valence-electron chi connectivity index (χ4n) is 4.19. The number of nitrogens with zero attached hydrogens (tertiary/aromatic N) is 4. The van der Waals surface area contributed by atoms with Gasteiger partial charge in [-0.25, -0.2) is 9.97 Å². The van der Waals surface area contributed by atoms with Crippen molar-refractivity contribution in [1.29, 1.82) is 0 Å². The summed E-state index contributed by atoms with van der Waals surface area (Å²) in [7, 11) is 0. The van der Waals surface area contributed by atoms with Crippen LogP contribution in [0.4, 0.5) is 0 Å². The molecule has 0 aliphatic carbocycles. The average molecular weight is 449 g/mol. The Morgan fingerprint density at radius 3 is 2.90 bits per heavy atom. The van der Waals surface area contributed by atoms with Gasteiger partial charge in [-0.15, -0.1) is 22.7 Å². The molecule has 0 amide bonds. The number of carbonyl (C=O) groups is 1. The van der Waals surface area contributed by atoms with Crippen LogP contribution in [-0.2, 0) is 24.1 Å². The van der Waals surface area contributed by atoms with Crippen molar-refractivity contribution < 1.29 is 4.79 Å². The van der Waals surface area contributed by atoms with Crippen LogP contribution in [-0.4, -0.2) is 38.7 Å². The molecule has 4 aromatic rings. The summed E-state index contributed by atoms with van der Waals surface area (Å²) in [6, 6.07) is 11.3. The molecule has 5 nitrogen and oxygen atoms in total. The average Bonchev–Trinajstić information content (AvgIpc) is 3.37. The highest BCUT2D eigenvalue weighted by Gasteiger charge is 2.21. The van der Waals surface area contributed by atoms with E-state index in [1.807, 2.05) is 11.7 Å². The molecule has 0 fully saturated rings. The Labute approximate surface area is 189 Å². The molecule has 1 aromatic carbocycles. The van der Waals surface area contributed by atoms with Crippen LogP contribution in [0, 0.1) is 0 Å². The van der Waals surface area contributed by atoms with Crippen LogP contribution in [0.1, 0.15) is 41.7 Å². The van der Waals surface area contributed by atoms with Crippen LogP contribution in [0.3, 0.4) is 0 Å². The lowest BCUT2D eigenvalue weighted by molar-refractivity contribution is -0.116. The van der Waals surface area contributed by atoms with E-state index in [0.29, 0.717) is 12.5 Å². The summed E-state index contributed by atoms with van der Waals surface area (Å²) < 4.78 is 1.24. The number of rotatable bonds is 5. The van der Waals surface area contributed by atoms with Crippen molar-refractivity contribution in [3.63, 3.8) is 0 Å². The third kappa shape index (κ3) is 4.31. The standard InChI is InChI=1S/C24H24N4OS2/c1-15(29)11-24-25-13-23(31-24)20-5-3-17-7-9-28(10-8-19(17)27-20)16(2)18-4-6-22-21(12-18)26-14-30-22/h3-6,12-14,16H,7-11H2,1-2H3. The molecular weight excluding hydrogens is 424 g/mol. The third-order valence-corrected chi connectivity index (χ3v) is 7.79. The maximum atomic E-state index is 11.4. The van der Waals surface area contributed by atoms with Crippen LogP contribution in [0.25, 0.3) is 20.8 Å². The summed E-state index contributed by atoms with van der Waals surface area (Å²) in [5, 5.41) is 0.858. The van der Waals surface area contributed by atoms with E-state index in [0.717, 1.165) is 47.0 Å². The molecule has 4 heterocycles. The molecule has 3 aromatic heterocycles. The number of pyridine rings is 1. The minimum absolute atomic E-state index is 0.138. The number of aromatic nitrogens is 3. The van der Waals surface area contributed by atoms with Crippen LogP contribution in [0.15, 0.2) is 42.0 Å². The van der Waals surface area contributed by atoms with Gasteiger partial charge >= 0.3 is 0 Å². The van der Waals surface area contributed by atoms with Crippen LogP contribution in [0.5, 0.6) is 0 Å². The summed E-state index contributed by atoms with van der Waals surface area (Å²) in [6.07, 6.45) is 4.18. The van der Waals surface area contributed by atoms with Crippen LogP contribution >= 0.6 is 22.7 Å². The predicted molar refractivity (Wildman–Crippen MR) is 127 cm³/mol. The normalized spacial score (nSPS) is 15.5. The minimum Gasteiger partial charge on any atom is -0.300 e. The van der Waals surface area contributed by atoms with E-state index in [4.69, 9.17) is 4.98 Å². The van der Waals surface area contributed by atoms with E-state index >= 15 is 0 Å². The van der Waals surface area contributed by atoms with E-state index in [1.54, 1.807) is 29.6 Å². The van der Waals surface area contributed by atoms with Gasteiger partial charge in [-0.3, -0.25) is 14.7 Å². The number of carbonyl (C=O) groups excluding carboxylic acids is 1. The SMILES string of the molecule is CC(=O)Cc1ncc(-c2ccc3c(n2)CCN(C(C)c2ccc4scnc4c2)CC3)s1. The molecule has 31 heavy (non-hydrogen) atoms. The van der Waals surface area contributed by atoms with Crippen molar-refractivity contribution >= 4 is 38.7 Å². The van der Waals surface area contributed by atoms with Crippen molar-refractivity contribution in [2.24, 2.45) is 0 Å². The Hall–Kier alpha value is -2.48. The lowest BCUT2D eigenvalue weighted by Crippen LogP contribution is -2.29. The van der Waals surface area contributed by atoms with Gasteiger partial charge in [0.15, 0.2) is 0 Å². The molecule has 1 aliphatic rings. The second-order valence-corrected chi connectivity index (χ2v) is 10.1. The highest BCUT2D eigenvalue weighted by atomic mass is 32.1.